The van der Waals surface area contributed by atoms with Crippen LogP contribution in [0.5, 0.6) is 23.0 Å². The number of phenolic OH excluding ortho intramolecular Hbond substituents is 1. The van der Waals surface area contributed by atoms with Gasteiger partial charge >= 0.3 is 6.09 Å². The molecule has 0 saturated heterocycles. The zero-order valence-corrected chi connectivity index (χ0v) is 25.3. The molecule has 0 atom stereocenters. The number of benzene rings is 2. The Morgan fingerprint density at radius 1 is 0.767 bits per heavy atom. The summed E-state index contributed by atoms with van der Waals surface area (Å²) in [5.74, 6) is 0.588. The first-order valence-corrected chi connectivity index (χ1v) is 13.7. The monoisotopic (exact) mass is 599 g/mol. The van der Waals surface area contributed by atoms with Crippen molar-refractivity contribution in [2.24, 2.45) is 0 Å². The molecule has 11 nitrogen and oxygen atoms in total. The molecule has 0 fully saturated rings. The average molecular weight is 600 g/mol. The SMILES string of the molecule is COc1cc(/C=C/C(=O)CC(=O)/C=C/c2ccc(OCCOCCOCCNC(=O)OC(C)(C)C)c(OC)c2)ccc1O. The summed E-state index contributed by atoms with van der Waals surface area (Å²) in [6, 6.07) is 9.89. The Morgan fingerprint density at radius 2 is 1.33 bits per heavy atom. The summed E-state index contributed by atoms with van der Waals surface area (Å²) < 4.78 is 32.2. The van der Waals surface area contributed by atoms with Gasteiger partial charge in [-0.1, -0.05) is 24.3 Å². The number of aromatic hydroxyl groups is 1. The van der Waals surface area contributed by atoms with Gasteiger partial charge in [0, 0.05) is 6.54 Å². The molecule has 1 amide bonds. The second-order valence-corrected chi connectivity index (χ2v) is 10.1. The van der Waals surface area contributed by atoms with Crippen LogP contribution in [0.3, 0.4) is 0 Å². The maximum absolute atomic E-state index is 12.3. The quantitative estimate of drug-likeness (QED) is 0.142. The highest BCUT2D eigenvalue weighted by atomic mass is 16.6. The van der Waals surface area contributed by atoms with Crippen molar-refractivity contribution in [3.8, 4) is 23.0 Å². The number of nitrogens with one attached hydrogen (secondary N) is 1. The highest BCUT2D eigenvalue weighted by Crippen LogP contribution is 2.29. The number of hydrogen-bond acceptors (Lipinski definition) is 10. The lowest BCUT2D eigenvalue weighted by Gasteiger charge is -2.19. The lowest BCUT2D eigenvalue weighted by molar-refractivity contribution is -0.121. The van der Waals surface area contributed by atoms with Crippen molar-refractivity contribution in [1.29, 1.82) is 0 Å². The number of alkyl carbamates (subject to hydrolysis) is 1. The van der Waals surface area contributed by atoms with E-state index < -0.39 is 11.7 Å². The standard InChI is InChI=1S/C32H41NO10/c1-32(2,3)43-31(37)33-14-15-40-16-17-41-18-19-42-28-13-9-24(21-30(28)39-5)7-11-26(35)22-25(34)10-6-23-8-12-27(36)29(20-23)38-4/h6-13,20-21,36H,14-19,22H2,1-5H3,(H,33,37)/b10-6+,11-7+. The Hall–Kier alpha value is -4.35. The van der Waals surface area contributed by atoms with Crippen LogP contribution in [0.15, 0.2) is 48.6 Å². The first-order chi connectivity index (χ1) is 20.5. The molecule has 2 aromatic rings. The molecule has 0 heterocycles. The lowest BCUT2D eigenvalue weighted by atomic mass is 10.1. The van der Waals surface area contributed by atoms with Gasteiger partial charge in [0.1, 0.15) is 12.2 Å². The van der Waals surface area contributed by atoms with Crippen LogP contribution in [-0.4, -0.2) is 82.2 Å². The second-order valence-electron chi connectivity index (χ2n) is 10.1. The highest BCUT2D eigenvalue weighted by molar-refractivity contribution is 6.10. The normalized spacial score (nSPS) is 11.5. The van der Waals surface area contributed by atoms with Crippen molar-refractivity contribution in [3.63, 3.8) is 0 Å². The molecule has 0 aliphatic rings. The first-order valence-electron chi connectivity index (χ1n) is 13.7. The van der Waals surface area contributed by atoms with Gasteiger partial charge in [0.2, 0.25) is 0 Å². The van der Waals surface area contributed by atoms with E-state index in [0.717, 1.165) is 0 Å². The molecule has 0 unspecified atom stereocenters. The predicted octanol–water partition coefficient (Wildman–Crippen LogP) is 4.60. The fourth-order valence-electron chi connectivity index (χ4n) is 3.44. The molecular formula is C32H41NO10. The summed E-state index contributed by atoms with van der Waals surface area (Å²) in [7, 11) is 2.95. The van der Waals surface area contributed by atoms with Crippen LogP contribution in [0, 0.1) is 0 Å². The van der Waals surface area contributed by atoms with Gasteiger partial charge < -0.3 is 38.8 Å². The van der Waals surface area contributed by atoms with E-state index in [4.69, 9.17) is 28.4 Å². The molecule has 234 valence electrons. The maximum atomic E-state index is 12.3. The van der Waals surface area contributed by atoms with E-state index in [1.807, 2.05) is 0 Å². The molecular weight excluding hydrogens is 558 g/mol. The molecule has 2 rings (SSSR count). The minimum absolute atomic E-state index is 0.00181. The molecule has 0 aromatic heterocycles. The minimum atomic E-state index is -0.542. The van der Waals surface area contributed by atoms with Gasteiger partial charge in [0.25, 0.3) is 0 Å². The summed E-state index contributed by atoms with van der Waals surface area (Å²) in [6.45, 7) is 7.43. The third-order valence-corrected chi connectivity index (χ3v) is 5.44. The molecule has 43 heavy (non-hydrogen) atoms. The highest BCUT2D eigenvalue weighted by Gasteiger charge is 2.15. The Kier molecular flexibility index (Phi) is 14.8. The molecule has 2 N–H and O–H groups in total. The second kappa shape index (κ2) is 18.2. The third kappa shape index (κ3) is 14.4. The largest absolute Gasteiger partial charge is 0.504 e. The van der Waals surface area contributed by atoms with Crippen LogP contribution in [0.4, 0.5) is 4.79 Å². The smallest absolute Gasteiger partial charge is 0.407 e. The van der Waals surface area contributed by atoms with E-state index in [1.54, 1.807) is 63.3 Å². The summed E-state index contributed by atoms with van der Waals surface area (Å²) in [5.41, 5.74) is 0.813. The number of carbonyl (C=O) groups is 3. The summed E-state index contributed by atoms with van der Waals surface area (Å²) in [5, 5.41) is 12.3. The van der Waals surface area contributed by atoms with Crippen LogP contribution >= 0.6 is 0 Å². The maximum Gasteiger partial charge on any atom is 0.407 e. The fraction of sp³-hybridized carbons (Fsp3) is 0.406. The minimum Gasteiger partial charge on any atom is -0.504 e. The Balaban J connectivity index is 1.68. The van der Waals surface area contributed by atoms with Crippen molar-refractivity contribution in [3.05, 3.63) is 59.7 Å². The lowest BCUT2D eigenvalue weighted by Crippen LogP contribution is -2.34. The number of allylic oxidation sites excluding steroid dienone is 2. The third-order valence-electron chi connectivity index (χ3n) is 5.44. The predicted molar refractivity (Wildman–Crippen MR) is 162 cm³/mol. The summed E-state index contributed by atoms with van der Waals surface area (Å²) in [4.78, 5) is 36.0. The molecule has 2 aromatic carbocycles. The number of methoxy groups -OCH3 is 2. The zero-order valence-electron chi connectivity index (χ0n) is 25.3. The number of carbonyl (C=O) groups excluding carboxylic acids is 3. The molecule has 0 saturated carbocycles. The molecule has 0 aliphatic heterocycles. The number of ether oxygens (including phenoxy) is 6. The van der Waals surface area contributed by atoms with Gasteiger partial charge in [-0.05, 0) is 68.3 Å². The van der Waals surface area contributed by atoms with Gasteiger partial charge in [-0.2, -0.15) is 0 Å². The topological polar surface area (TPSA) is 139 Å². The van der Waals surface area contributed by atoms with Crippen LogP contribution in [-0.2, 0) is 23.8 Å². The van der Waals surface area contributed by atoms with Gasteiger partial charge in [-0.3, -0.25) is 9.59 Å². The van der Waals surface area contributed by atoms with E-state index >= 15 is 0 Å². The first kappa shape index (κ1) is 34.8. The Morgan fingerprint density at radius 3 is 1.93 bits per heavy atom. The fourth-order valence-corrected chi connectivity index (χ4v) is 3.44. The van der Waals surface area contributed by atoms with E-state index in [1.165, 1.54) is 32.4 Å². The van der Waals surface area contributed by atoms with Crippen LogP contribution in [0.1, 0.15) is 38.3 Å². The Bertz CT molecular complexity index is 1260. The molecule has 0 bridgehead atoms. The summed E-state index contributed by atoms with van der Waals surface area (Å²) >= 11 is 0. The Labute approximate surface area is 252 Å². The number of amides is 1. The van der Waals surface area contributed by atoms with E-state index in [9.17, 15) is 19.5 Å². The van der Waals surface area contributed by atoms with Crippen molar-refractivity contribution >= 4 is 29.8 Å². The molecule has 0 aliphatic carbocycles. The van der Waals surface area contributed by atoms with E-state index in [2.05, 4.69) is 5.32 Å². The molecule has 0 spiro atoms. The van der Waals surface area contributed by atoms with Crippen LogP contribution < -0.4 is 19.5 Å². The van der Waals surface area contributed by atoms with Crippen molar-refractivity contribution in [2.45, 2.75) is 32.8 Å². The van der Waals surface area contributed by atoms with Crippen LogP contribution in [0.2, 0.25) is 0 Å². The molecule has 11 heteroatoms. The van der Waals surface area contributed by atoms with E-state index in [-0.39, 0.29) is 30.3 Å². The zero-order chi connectivity index (χ0) is 31.7. The number of ketones is 2. The van der Waals surface area contributed by atoms with E-state index in [0.29, 0.717) is 61.3 Å². The van der Waals surface area contributed by atoms with Gasteiger partial charge in [-0.25, -0.2) is 4.79 Å². The average Bonchev–Trinajstić information content (AvgIpc) is 2.95. The number of hydrogen-bond donors (Lipinski definition) is 2. The van der Waals surface area contributed by atoms with Crippen molar-refractivity contribution < 1.29 is 47.9 Å². The number of phenols is 1. The molecule has 0 radical (unpaired) electrons. The van der Waals surface area contributed by atoms with Gasteiger partial charge in [0.15, 0.2) is 34.6 Å². The van der Waals surface area contributed by atoms with Gasteiger partial charge in [-0.15, -0.1) is 0 Å². The van der Waals surface area contributed by atoms with Crippen molar-refractivity contribution in [1.82, 2.24) is 5.32 Å². The number of rotatable bonds is 18. The summed E-state index contributed by atoms with van der Waals surface area (Å²) in [6.07, 6.45) is 5.04. The van der Waals surface area contributed by atoms with Crippen LogP contribution in [0.25, 0.3) is 12.2 Å². The van der Waals surface area contributed by atoms with Gasteiger partial charge in [0.05, 0.1) is 47.1 Å². The van der Waals surface area contributed by atoms with Crippen molar-refractivity contribution in [2.75, 3.05) is 53.8 Å².